The normalized spacial score (nSPS) is 13.5. The summed E-state index contributed by atoms with van der Waals surface area (Å²) in [6, 6.07) is 14.7. The van der Waals surface area contributed by atoms with E-state index in [2.05, 4.69) is 5.32 Å². The molecule has 2 aromatic carbocycles. The summed E-state index contributed by atoms with van der Waals surface area (Å²) in [7, 11) is 1.61. The highest BCUT2D eigenvalue weighted by Gasteiger charge is 2.19. The van der Waals surface area contributed by atoms with Gasteiger partial charge >= 0.3 is 0 Å². The Kier molecular flexibility index (Phi) is 6.30. The van der Waals surface area contributed by atoms with E-state index in [1.54, 1.807) is 19.2 Å². The first kappa shape index (κ1) is 18.8. The maximum absolute atomic E-state index is 12.2. The monoisotopic (exact) mass is 368 g/mol. The molecule has 0 saturated carbocycles. The van der Waals surface area contributed by atoms with Crippen LogP contribution < -0.4 is 14.8 Å². The second-order valence-corrected chi connectivity index (χ2v) is 6.40. The number of likely N-dealkylation sites (tertiary alicyclic amines) is 1. The smallest absolute Gasteiger partial charge is 0.251 e. The van der Waals surface area contributed by atoms with Crippen molar-refractivity contribution < 1.29 is 19.1 Å². The molecule has 1 aliphatic heterocycles. The zero-order valence-electron chi connectivity index (χ0n) is 15.4. The minimum Gasteiger partial charge on any atom is -0.497 e. The molecule has 1 fully saturated rings. The molecule has 142 valence electrons. The SMILES string of the molecule is COc1ccc(OCCNC(=O)c2ccc(CN3CCCC3=O)cc2)cc1. The lowest BCUT2D eigenvalue weighted by Gasteiger charge is -2.15. The van der Waals surface area contributed by atoms with Crippen LogP contribution in [0.4, 0.5) is 0 Å². The zero-order valence-corrected chi connectivity index (χ0v) is 15.4. The van der Waals surface area contributed by atoms with Gasteiger partial charge in [0.2, 0.25) is 5.91 Å². The fraction of sp³-hybridized carbons (Fsp3) is 0.333. The molecule has 27 heavy (non-hydrogen) atoms. The van der Waals surface area contributed by atoms with Crippen molar-refractivity contribution in [2.45, 2.75) is 19.4 Å². The molecule has 1 aliphatic rings. The van der Waals surface area contributed by atoms with Crippen LogP contribution in [-0.2, 0) is 11.3 Å². The van der Waals surface area contributed by atoms with Crippen LogP contribution in [0.2, 0.25) is 0 Å². The summed E-state index contributed by atoms with van der Waals surface area (Å²) < 4.78 is 10.7. The highest BCUT2D eigenvalue weighted by atomic mass is 16.5. The fourth-order valence-corrected chi connectivity index (χ4v) is 2.96. The number of amides is 2. The van der Waals surface area contributed by atoms with Crippen molar-refractivity contribution >= 4 is 11.8 Å². The molecule has 0 unspecified atom stereocenters. The number of benzene rings is 2. The summed E-state index contributed by atoms with van der Waals surface area (Å²) >= 11 is 0. The molecule has 1 saturated heterocycles. The average molecular weight is 368 g/mol. The Morgan fingerprint density at radius 3 is 2.41 bits per heavy atom. The average Bonchev–Trinajstić information content (AvgIpc) is 3.10. The van der Waals surface area contributed by atoms with Gasteiger partial charge in [-0.25, -0.2) is 0 Å². The third-order valence-electron chi connectivity index (χ3n) is 4.48. The molecule has 6 heteroatoms. The highest BCUT2D eigenvalue weighted by molar-refractivity contribution is 5.94. The van der Waals surface area contributed by atoms with Crippen LogP contribution in [0.1, 0.15) is 28.8 Å². The zero-order chi connectivity index (χ0) is 19.1. The van der Waals surface area contributed by atoms with E-state index < -0.39 is 0 Å². The maximum atomic E-state index is 12.2. The van der Waals surface area contributed by atoms with E-state index in [-0.39, 0.29) is 11.8 Å². The van der Waals surface area contributed by atoms with Gasteiger partial charge < -0.3 is 19.7 Å². The van der Waals surface area contributed by atoms with Gasteiger partial charge in [-0.3, -0.25) is 9.59 Å². The Hall–Kier alpha value is -3.02. The quantitative estimate of drug-likeness (QED) is 0.728. The molecule has 3 rings (SSSR count). The van der Waals surface area contributed by atoms with E-state index in [0.29, 0.717) is 31.7 Å². The van der Waals surface area contributed by atoms with Crippen LogP contribution in [0.5, 0.6) is 11.5 Å². The van der Waals surface area contributed by atoms with Crippen molar-refractivity contribution in [3.8, 4) is 11.5 Å². The van der Waals surface area contributed by atoms with Gasteiger partial charge in [0.15, 0.2) is 0 Å². The van der Waals surface area contributed by atoms with Gasteiger partial charge in [0, 0.05) is 25.1 Å². The summed E-state index contributed by atoms with van der Waals surface area (Å²) in [6.07, 6.45) is 1.57. The second-order valence-electron chi connectivity index (χ2n) is 6.40. The first-order valence-electron chi connectivity index (χ1n) is 9.07. The number of carbonyl (C=O) groups excluding carboxylic acids is 2. The van der Waals surface area contributed by atoms with Crippen LogP contribution in [0, 0.1) is 0 Å². The lowest BCUT2D eigenvalue weighted by Crippen LogP contribution is -2.28. The van der Waals surface area contributed by atoms with Gasteiger partial charge in [-0.1, -0.05) is 12.1 Å². The molecule has 6 nitrogen and oxygen atoms in total. The first-order valence-corrected chi connectivity index (χ1v) is 9.07. The van der Waals surface area contributed by atoms with Crippen molar-refractivity contribution in [2.75, 3.05) is 26.8 Å². The minimum atomic E-state index is -0.142. The van der Waals surface area contributed by atoms with Crippen LogP contribution in [0.15, 0.2) is 48.5 Å². The standard InChI is InChI=1S/C21H24N2O4/c1-26-18-8-10-19(11-9-18)27-14-12-22-21(25)17-6-4-16(5-7-17)15-23-13-2-3-20(23)24/h4-11H,2-3,12-15H2,1H3,(H,22,25). The van der Waals surface area contributed by atoms with Gasteiger partial charge in [0.05, 0.1) is 13.7 Å². The van der Waals surface area contributed by atoms with Gasteiger partial charge in [-0.2, -0.15) is 0 Å². The van der Waals surface area contributed by atoms with E-state index in [1.807, 2.05) is 41.3 Å². The highest BCUT2D eigenvalue weighted by Crippen LogP contribution is 2.17. The molecule has 0 aromatic heterocycles. The molecule has 0 bridgehead atoms. The predicted octanol–water partition coefficient (Wildman–Crippen LogP) is 2.63. The molecule has 0 aliphatic carbocycles. The molecular weight excluding hydrogens is 344 g/mol. The molecule has 1 heterocycles. The fourth-order valence-electron chi connectivity index (χ4n) is 2.96. The molecule has 1 N–H and O–H groups in total. The van der Waals surface area contributed by atoms with Crippen LogP contribution in [0.3, 0.4) is 0 Å². The number of rotatable bonds is 8. The van der Waals surface area contributed by atoms with E-state index >= 15 is 0 Å². The summed E-state index contributed by atoms with van der Waals surface area (Å²) in [5, 5.41) is 2.84. The van der Waals surface area contributed by atoms with Crippen molar-refractivity contribution in [2.24, 2.45) is 0 Å². The summed E-state index contributed by atoms with van der Waals surface area (Å²) in [4.78, 5) is 25.7. The van der Waals surface area contributed by atoms with E-state index in [1.165, 1.54) is 0 Å². The van der Waals surface area contributed by atoms with Gasteiger partial charge in [-0.15, -0.1) is 0 Å². The van der Waals surface area contributed by atoms with Crippen molar-refractivity contribution in [3.63, 3.8) is 0 Å². The Morgan fingerprint density at radius 1 is 1.07 bits per heavy atom. The number of hydrogen-bond acceptors (Lipinski definition) is 4. The van der Waals surface area contributed by atoms with Crippen molar-refractivity contribution in [1.82, 2.24) is 10.2 Å². The molecule has 2 amide bonds. The molecular formula is C21H24N2O4. The summed E-state index contributed by atoms with van der Waals surface area (Å²) in [5.74, 6) is 1.56. The maximum Gasteiger partial charge on any atom is 0.251 e. The van der Waals surface area contributed by atoms with Crippen LogP contribution >= 0.6 is 0 Å². The first-order chi connectivity index (χ1) is 13.2. The van der Waals surface area contributed by atoms with Crippen molar-refractivity contribution in [3.05, 3.63) is 59.7 Å². The number of hydrogen-bond donors (Lipinski definition) is 1. The largest absolute Gasteiger partial charge is 0.497 e. The lowest BCUT2D eigenvalue weighted by molar-refractivity contribution is -0.128. The number of ether oxygens (including phenoxy) is 2. The molecule has 0 radical (unpaired) electrons. The third-order valence-corrected chi connectivity index (χ3v) is 4.48. The van der Waals surface area contributed by atoms with Crippen LogP contribution in [-0.4, -0.2) is 43.5 Å². The van der Waals surface area contributed by atoms with Gasteiger partial charge in [0.25, 0.3) is 5.91 Å². The lowest BCUT2D eigenvalue weighted by atomic mass is 10.1. The van der Waals surface area contributed by atoms with E-state index in [9.17, 15) is 9.59 Å². The number of methoxy groups -OCH3 is 1. The molecule has 0 atom stereocenters. The van der Waals surface area contributed by atoms with E-state index in [4.69, 9.17) is 9.47 Å². The number of nitrogens with one attached hydrogen (secondary N) is 1. The number of carbonyl (C=O) groups is 2. The summed E-state index contributed by atoms with van der Waals surface area (Å²) in [5.41, 5.74) is 1.63. The number of nitrogens with zero attached hydrogens (tertiary/aromatic N) is 1. The Labute approximate surface area is 159 Å². The topological polar surface area (TPSA) is 67.9 Å². The van der Waals surface area contributed by atoms with Gasteiger partial charge in [0.1, 0.15) is 18.1 Å². The van der Waals surface area contributed by atoms with E-state index in [0.717, 1.165) is 30.0 Å². The van der Waals surface area contributed by atoms with Crippen molar-refractivity contribution in [1.29, 1.82) is 0 Å². The molecule has 2 aromatic rings. The third kappa shape index (κ3) is 5.23. The Bertz CT molecular complexity index is 772. The Morgan fingerprint density at radius 2 is 1.78 bits per heavy atom. The second kappa shape index (κ2) is 9.07. The predicted molar refractivity (Wildman–Crippen MR) is 102 cm³/mol. The minimum absolute atomic E-state index is 0.142. The molecule has 0 spiro atoms. The van der Waals surface area contributed by atoms with Gasteiger partial charge in [-0.05, 0) is 48.4 Å². The Balaban J connectivity index is 1.41. The van der Waals surface area contributed by atoms with Crippen LogP contribution in [0.25, 0.3) is 0 Å². The summed E-state index contributed by atoms with van der Waals surface area (Å²) in [6.45, 7) is 2.22.